The summed E-state index contributed by atoms with van der Waals surface area (Å²) in [7, 11) is -4.38. The Bertz CT molecular complexity index is 1110. The van der Waals surface area contributed by atoms with Gasteiger partial charge in [0.25, 0.3) is 16.0 Å². The van der Waals surface area contributed by atoms with Gasteiger partial charge in [0.1, 0.15) is 0 Å². The van der Waals surface area contributed by atoms with E-state index in [1.54, 1.807) is 36.4 Å². The zero-order valence-electron chi connectivity index (χ0n) is 14.0. The number of amides is 1. The van der Waals surface area contributed by atoms with E-state index in [1.807, 2.05) is 12.1 Å². The summed E-state index contributed by atoms with van der Waals surface area (Å²) in [6.45, 7) is 0. The van der Waals surface area contributed by atoms with Crippen LogP contribution in [0.15, 0.2) is 77.7 Å². The molecule has 0 aliphatic heterocycles. The van der Waals surface area contributed by atoms with Gasteiger partial charge in [0.05, 0.1) is 4.90 Å². The van der Waals surface area contributed by atoms with Gasteiger partial charge in [-0.25, -0.2) is 0 Å². The Balaban J connectivity index is 1.81. The van der Waals surface area contributed by atoms with Crippen molar-refractivity contribution < 1.29 is 22.6 Å². The fourth-order valence-electron chi connectivity index (χ4n) is 2.60. The molecule has 2 N–H and O–H groups in total. The number of carbonyl (C=O) groups excluding carboxylic acids is 2. The molecule has 0 heterocycles. The maximum absolute atomic E-state index is 12.3. The standard InChI is InChI=1S/C20H15NO5S/c22-13-16-4-1-2-7-19(16)14-8-10-17(11-9-14)21-20(23)15-5-3-6-18(12-15)27(24,25)26/h1-13H,(H,21,23)(H,24,25,26). The maximum atomic E-state index is 12.3. The van der Waals surface area contributed by atoms with Crippen LogP contribution >= 0.6 is 0 Å². The number of benzene rings is 3. The molecule has 0 fully saturated rings. The highest BCUT2D eigenvalue weighted by Crippen LogP contribution is 2.24. The molecule has 3 aromatic rings. The minimum absolute atomic E-state index is 0.0977. The van der Waals surface area contributed by atoms with Crippen LogP contribution in [0.1, 0.15) is 20.7 Å². The molecule has 0 aliphatic carbocycles. The van der Waals surface area contributed by atoms with E-state index in [9.17, 15) is 18.0 Å². The highest BCUT2D eigenvalue weighted by Gasteiger charge is 2.13. The molecule has 0 spiro atoms. The third-order valence-electron chi connectivity index (χ3n) is 3.94. The monoisotopic (exact) mass is 381 g/mol. The van der Waals surface area contributed by atoms with Gasteiger partial charge >= 0.3 is 0 Å². The minimum Gasteiger partial charge on any atom is -0.322 e. The first-order chi connectivity index (χ1) is 12.9. The zero-order valence-corrected chi connectivity index (χ0v) is 14.8. The second-order valence-electron chi connectivity index (χ2n) is 5.74. The van der Waals surface area contributed by atoms with Crippen molar-refractivity contribution in [2.45, 2.75) is 4.90 Å². The third kappa shape index (κ3) is 4.28. The lowest BCUT2D eigenvalue weighted by Gasteiger charge is -2.09. The molecule has 0 unspecified atom stereocenters. The molecule has 3 aromatic carbocycles. The van der Waals surface area contributed by atoms with Crippen LogP contribution in [-0.4, -0.2) is 25.2 Å². The van der Waals surface area contributed by atoms with Crippen LogP contribution in [0.2, 0.25) is 0 Å². The van der Waals surface area contributed by atoms with Gasteiger partial charge < -0.3 is 5.32 Å². The number of anilines is 1. The van der Waals surface area contributed by atoms with E-state index in [-0.39, 0.29) is 10.5 Å². The SMILES string of the molecule is O=Cc1ccccc1-c1ccc(NC(=O)c2cccc(S(=O)(=O)O)c2)cc1. The van der Waals surface area contributed by atoms with Crippen LogP contribution in [0, 0.1) is 0 Å². The molecular weight excluding hydrogens is 366 g/mol. The van der Waals surface area contributed by atoms with Crippen molar-refractivity contribution >= 4 is 28.0 Å². The second-order valence-corrected chi connectivity index (χ2v) is 7.16. The van der Waals surface area contributed by atoms with Crippen LogP contribution in [-0.2, 0) is 10.1 Å². The van der Waals surface area contributed by atoms with Crippen molar-refractivity contribution in [2.75, 3.05) is 5.32 Å². The summed E-state index contributed by atoms with van der Waals surface area (Å²) in [5.74, 6) is -0.512. The van der Waals surface area contributed by atoms with Gasteiger partial charge in [-0.15, -0.1) is 0 Å². The lowest BCUT2D eigenvalue weighted by atomic mass is 10.0. The molecule has 1 amide bonds. The van der Waals surface area contributed by atoms with E-state index in [4.69, 9.17) is 4.55 Å². The van der Waals surface area contributed by atoms with Gasteiger partial charge in [-0.1, -0.05) is 42.5 Å². The summed E-state index contributed by atoms with van der Waals surface area (Å²) >= 11 is 0. The van der Waals surface area contributed by atoms with E-state index >= 15 is 0 Å². The Kier molecular flexibility index (Phi) is 5.16. The van der Waals surface area contributed by atoms with Gasteiger partial charge in [0.2, 0.25) is 0 Å². The van der Waals surface area contributed by atoms with Gasteiger partial charge in [0, 0.05) is 16.8 Å². The molecule has 0 atom stereocenters. The van der Waals surface area contributed by atoms with E-state index < -0.39 is 16.0 Å². The van der Waals surface area contributed by atoms with Crippen LogP contribution in [0.5, 0.6) is 0 Å². The van der Waals surface area contributed by atoms with Crippen LogP contribution < -0.4 is 5.32 Å². The Hall–Kier alpha value is -3.29. The normalized spacial score (nSPS) is 11.0. The van der Waals surface area contributed by atoms with Gasteiger partial charge in [-0.2, -0.15) is 8.42 Å². The van der Waals surface area contributed by atoms with Gasteiger partial charge in [-0.3, -0.25) is 14.1 Å². The van der Waals surface area contributed by atoms with Crippen molar-refractivity contribution in [1.82, 2.24) is 0 Å². The lowest BCUT2D eigenvalue weighted by Crippen LogP contribution is -2.12. The fourth-order valence-corrected chi connectivity index (χ4v) is 3.12. The summed E-state index contributed by atoms with van der Waals surface area (Å²) in [5.41, 5.74) is 2.77. The number of rotatable bonds is 5. The molecule has 0 aliphatic rings. The molecule has 0 aromatic heterocycles. The Morgan fingerprint density at radius 1 is 0.926 bits per heavy atom. The molecule has 27 heavy (non-hydrogen) atoms. The lowest BCUT2D eigenvalue weighted by molar-refractivity contribution is 0.102. The molecule has 7 heteroatoms. The second kappa shape index (κ2) is 7.53. The van der Waals surface area contributed by atoms with E-state index in [0.29, 0.717) is 11.3 Å². The van der Waals surface area contributed by atoms with E-state index in [1.165, 1.54) is 18.2 Å². The molecule has 136 valence electrons. The number of nitrogens with one attached hydrogen (secondary N) is 1. The number of aldehydes is 1. The summed E-state index contributed by atoms with van der Waals surface area (Å²) in [6.07, 6.45) is 0.785. The largest absolute Gasteiger partial charge is 0.322 e. The zero-order chi connectivity index (χ0) is 19.4. The topological polar surface area (TPSA) is 101 Å². The van der Waals surface area contributed by atoms with Crippen molar-refractivity contribution in [3.05, 3.63) is 83.9 Å². The summed E-state index contributed by atoms with van der Waals surface area (Å²) in [4.78, 5) is 23.1. The number of carbonyl (C=O) groups is 2. The Labute approximate surface area is 156 Å². The first kappa shape index (κ1) is 18.5. The predicted octanol–water partition coefficient (Wildman–Crippen LogP) is 3.67. The van der Waals surface area contributed by atoms with Crippen molar-refractivity contribution in [1.29, 1.82) is 0 Å². The van der Waals surface area contributed by atoms with Crippen molar-refractivity contribution in [3.8, 4) is 11.1 Å². The highest BCUT2D eigenvalue weighted by atomic mass is 32.2. The van der Waals surface area contributed by atoms with Crippen LogP contribution in [0.4, 0.5) is 5.69 Å². The Morgan fingerprint density at radius 2 is 1.63 bits per heavy atom. The number of hydrogen-bond donors (Lipinski definition) is 2. The first-order valence-corrected chi connectivity index (χ1v) is 9.36. The molecule has 0 saturated heterocycles. The molecular formula is C20H15NO5S. The first-order valence-electron chi connectivity index (χ1n) is 7.92. The average Bonchev–Trinajstić information content (AvgIpc) is 2.68. The summed E-state index contributed by atoms with van der Waals surface area (Å²) in [6, 6.07) is 19.2. The molecule has 0 radical (unpaired) electrons. The van der Waals surface area contributed by atoms with E-state index in [0.717, 1.165) is 23.5 Å². The maximum Gasteiger partial charge on any atom is 0.294 e. The molecule has 3 rings (SSSR count). The predicted molar refractivity (Wildman–Crippen MR) is 101 cm³/mol. The van der Waals surface area contributed by atoms with Crippen molar-refractivity contribution in [3.63, 3.8) is 0 Å². The van der Waals surface area contributed by atoms with Gasteiger partial charge in [0.15, 0.2) is 6.29 Å². The molecule has 0 saturated carbocycles. The molecule has 0 bridgehead atoms. The van der Waals surface area contributed by atoms with Crippen LogP contribution in [0.25, 0.3) is 11.1 Å². The smallest absolute Gasteiger partial charge is 0.294 e. The van der Waals surface area contributed by atoms with Crippen molar-refractivity contribution in [2.24, 2.45) is 0 Å². The quantitative estimate of drug-likeness (QED) is 0.519. The Morgan fingerprint density at radius 3 is 2.30 bits per heavy atom. The summed E-state index contributed by atoms with van der Waals surface area (Å²) in [5, 5.41) is 2.66. The highest BCUT2D eigenvalue weighted by molar-refractivity contribution is 7.85. The number of hydrogen-bond acceptors (Lipinski definition) is 4. The van der Waals surface area contributed by atoms with Gasteiger partial charge in [-0.05, 0) is 41.5 Å². The van der Waals surface area contributed by atoms with Crippen LogP contribution in [0.3, 0.4) is 0 Å². The van der Waals surface area contributed by atoms with E-state index in [2.05, 4.69) is 5.32 Å². The fraction of sp³-hybridized carbons (Fsp3) is 0. The molecule has 6 nitrogen and oxygen atoms in total. The third-order valence-corrected chi connectivity index (χ3v) is 4.79. The summed E-state index contributed by atoms with van der Waals surface area (Å²) < 4.78 is 31.5. The minimum atomic E-state index is -4.38. The average molecular weight is 381 g/mol.